The minimum Gasteiger partial charge on any atom is -0.486 e. The van der Waals surface area contributed by atoms with Crippen molar-refractivity contribution in [1.82, 2.24) is 4.98 Å². The molecule has 0 saturated carbocycles. The smallest absolute Gasteiger partial charge is 0.161 e. The van der Waals surface area contributed by atoms with Gasteiger partial charge in [-0.3, -0.25) is 0 Å². The van der Waals surface area contributed by atoms with Gasteiger partial charge in [-0.2, -0.15) is 0 Å². The van der Waals surface area contributed by atoms with Gasteiger partial charge >= 0.3 is 0 Å². The van der Waals surface area contributed by atoms with Crippen LogP contribution < -0.4 is 15.2 Å². The van der Waals surface area contributed by atoms with Crippen molar-refractivity contribution in [2.45, 2.75) is 19.9 Å². The Bertz CT molecular complexity index is 590. The van der Waals surface area contributed by atoms with Crippen LogP contribution in [0.15, 0.2) is 18.2 Å². The lowest BCUT2D eigenvalue weighted by Crippen LogP contribution is -2.17. The van der Waals surface area contributed by atoms with Crippen LogP contribution >= 0.6 is 11.3 Å². The lowest BCUT2D eigenvalue weighted by atomic mass is 10.1. The molecule has 5 heteroatoms. The first-order chi connectivity index (χ1) is 9.15. The standard InChI is InChI=1S/C14H16N2O2S/c1-8-9(2)19-14(16-8)13(15)10-3-4-11-12(7-10)18-6-5-17-11/h3-4,7,13H,5-6,15H2,1-2H3. The van der Waals surface area contributed by atoms with Gasteiger partial charge in [-0.05, 0) is 31.5 Å². The largest absolute Gasteiger partial charge is 0.486 e. The maximum absolute atomic E-state index is 6.28. The van der Waals surface area contributed by atoms with Crippen molar-refractivity contribution < 1.29 is 9.47 Å². The zero-order valence-electron chi connectivity index (χ0n) is 11.0. The normalized spacial score (nSPS) is 15.3. The van der Waals surface area contributed by atoms with Gasteiger partial charge in [-0.15, -0.1) is 11.3 Å². The molecule has 0 saturated heterocycles. The van der Waals surface area contributed by atoms with Gasteiger partial charge in [-0.25, -0.2) is 4.98 Å². The van der Waals surface area contributed by atoms with Crippen molar-refractivity contribution in [3.8, 4) is 11.5 Å². The average molecular weight is 276 g/mol. The van der Waals surface area contributed by atoms with Crippen LogP contribution in [0.1, 0.15) is 27.2 Å². The molecule has 19 heavy (non-hydrogen) atoms. The third-order valence-corrected chi connectivity index (χ3v) is 4.39. The van der Waals surface area contributed by atoms with Gasteiger partial charge in [0.1, 0.15) is 18.2 Å². The molecule has 1 aromatic heterocycles. The summed E-state index contributed by atoms with van der Waals surface area (Å²) in [5, 5.41) is 0.937. The highest BCUT2D eigenvalue weighted by atomic mass is 32.1. The first kappa shape index (κ1) is 12.4. The molecule has 1 aliphatic heterocycles. The average Bonchev–Trinajstić information content (AvgIpc) is 2.77. The highest BCUT2D eigenvalue weighted by Crippen LogP contribution is 2.34. The fourth-order valence-electron chi connectivity index (χ4n) is 2.03. The van der Waals surface area contributed by atoms with E-state index < -0.39 is 0 Å². The minimum atomic E-state index is -0.215. The van der Waals surface area contributed by atoms with Gasteiger partial charge < -0.3 is 15.2 Å². The summed E-state index contributed by atoms with van der Waals surface area (Å²) in [6.45, 7) is 5.25. The fourth-order valence-corrected chi connectivity index (χ4v) is 2.98. The molecule has 1 atom stereocenters. The molecule has 0 radical (unpaired) electrons. The molecule has 0 spiro atoms. The zero-order valence-corrected chi connectivity index (χ0v) is 11.8. The zero-order chi connectivity index (χ0) is 13.4. The molecular formula is C14H16N2O2S. The van der Waals surface area contributed by atoms with Crippen LogP contribution in [0.5, 0.6) is 11.5 Å². The van der Waals surface area contributed by atoms with Gasteiger partial charge in [0.15, 0.2) is 11.5 Å². The second kappa shape index (κ2) is 4.83. The Kier molecular flexibility index (Phi) is 3.16. The third-order valence-electron chi connectivity index (χ3n) is 3.24. The van der Waals surface area contributed by atoms with Crippen molar-refractivity contribution >= 4 is 11.3 Å². The van der Waals surface area contributed by atoms with Crippen LogP contribution in [0.4, 0.5) is 0 Å². The topological polar surface area (TPSA) is 57.4 Å². The third kappa shape index (κ3) is 2.31. The van der Waals surface area contributed by atoms with Crippen LogP contribution in [-0.4, -0.2) is 18.2 Å². The van der Waals surface area contributed by atoms with E-state index >= 15 is 0 Å². The summed E-state index contributed by atoms with van der Waals surface area (Å²) in [6.07, 6.45) is 0. The number of rotatable bonds is 2. The fraction of sp³-hybridized carbons (Fsp3) is 0.357. The summed E-state index contributed by atoms with van der Waals surface area (Å²) in [5.41, 5.74) is 8.33. The number of aryl methyl sites for hydroxylation is 2. The summed E-state index contributed by atoms with van der Waals surface area (Å²) in [6, 6.07) is 5.63. The molecule has 0 fully saturated rings. The molecule has 0 amide bonds. The Labute approximate surface area is 116 Å². The van der Waals surface area contributed by atoms with Crippen LogP contribution in [-0.2, 0) is 0 Å². The van der Waals surface area contributed by atoms with E-state index in [1.54, 1.807) is 11.3 Å². The number of hydrogen-bond acceptors (Lipinski definition) is 5. The number of nitrogens with zero attached hydrogens (tertiary/aromatic N) is 1. The molecule has 2 aromatic rings. The van der Waals surface area contributed by atoms with Gasteiger partial charge in [0.25, 0.3) is 0 Å². The number of aromatic nitrogens is 1. The molecule has 2 N–H and O–H groups in total. The van der Waals surface area contributed by atoms with Crippen molar-refractivity contribution in [1.29, 1.82) is 0 Å². The predicted octanol–water partition coefficient (Wildman–Crippen LogP) is 2.58. The Balaban J connectivity index is 1.93. The van der Waals surface area contributed by atoms with E-state index in [-0.39, 0.29) is 6.04 Å². The summed E-state index contributed by atoms with van der Waals surface area (Å²) < 4.78 is 11.1. The Morgan fingerprint density at radius 2 is 1.95 bits per heavy atom. The SMILES string of the molecule is Cc1nc(C(N)c2ccc3c(c2)OCCO3)sc1C. The number of nitrogens with two attached hydrogens (primary N) is 1. The lowest BCUT2D eigenvalue weighted by molar-refractivity contribution is 0.171. The molecular weight excluding hydrogens is 260 g/mol. The Morgan fingerprint density at radius 3 is 2.63 bits per heavy atom. The Hall–Kier alpha value is -1.59. The lowest BCUT2D eigenvalue weighted by Gasteiger charge is -2.20. The van der Waals surface area contributed by atoms with Crippen LogP contribution in [0.3, 0.4) is 0 Å². The highest BCUT2D eigenvalue weighted by molar-refractivity contribution is 7.11. The summed E-state index contributed by atoms with van der Waals surface area (Å²) in [4.78, 5) is 5.73. The number of fused-ring (bicyclic) bond motifs is 1. The molecule has 1 unspecified atom stereocenters. The first-order valence-electron chi connectivity index (χ1n) is 6.24. The van der Waals surface area contributed by atoms with E-state index in [2.05, 4.69) is 11.9 Å². The number of benzene rings is 1. The molecule has 4 nitrogen and oxygen atoms in total. The molecule has 0 aliphatic carbocycles. The van der Waals surface area contributed by atoms with Crippen LogP contribution in [0.2, 0.25) is 0 Å². The van der Waals surface area contributed by atoms with Gasteiger partial charge in [0.05, 0.1) is 11.7 Å². The number of thiazole rings is 1. The van der Waals surface area contributed by atoms with Gasteiger partial charge in [0.2, 0.25) is 0 Å². The molecule has 2 heterocycles. The van der Waals surface area contributed by atoms with E-state index in [9.17, 15) is 0 Å². The van der Waals surface area contributed by atoms with Crippen molar-refractivity contribution in [2.24, 2.45) is 5.73 Å². The molecule has 1 aromatic carbocycles. The van der Waals surface area contributed by atoms with Crippen molar-refractivity contribution in [3.05, 3.63) is 39.3 Å². The Morgan fingerprint density at radius 1 is 1.21 bits per heavy atom. The maximum atomic E-state index is 6.28. The summed E-state index contributed by atoms with van der Waals surface area (Å²) >= 11 is 1.65. The van der Waals surface area contributed by atoms with E-state index in [4.69, 9.17) is 15.2 Å². The van der Waals surface area contributed by atoms with Crippen molar-refractivity contribution in [3.63, 3.8) is 0 Å². The molecule has 100 valence electrons. The number of ether oxygens (including phenoxy) is 2. The second-order valence-electron chi connectivity index (χ2n) is 4.57. The van der Waals surface area contributed by atoms with Crippen molar-refractivity contribution in [2.75, 3.05) is 13.2 Å². The molecule has 0 bridgehead atoms. The van der Waals surface area contributed by atoms with E-state index in [0.717, 1.165) is 27.8 Å². The van der Waals surface area contributed by atoms with E-state index in [1.807, 2.05) is 25.1 Å². The predicted molar refractivity (Wildman–Crippen MR) is 75.1 cm³/mol. The molecule has 1 aliphatic rings. The maximum Gasteiger partial charge on any atom is 0.161 e. The monoisotopic (exact) mass is 276 g/mol. The van der Waals surface area contributed by atoms with Crippen LogP contribution in [0.25, 0.3) is 0 Å². The van der Waals surface area contributed by atoms with Crippen LogP contribution in [0, 0.1) is 13.8 Å². The number of hydrogen-bond donors (Lipinski definition) is 1. The highest BCUT2D eigenvalue weighted by Gasteiger charge is 2.18. The minimum absolute atomic E-state index is 0.215. The van der Waals surface area contributed by atoms with E-state index in [1.165, 1.54) is 4.88 Å². The van der Waals surface area contributed by atoms with Gasteiger partial charge in [-0.1, -0.05) is 6.07 Å². The second-order valence-corrected chi connectivity index (χ2v) is 5.81. The molecule has 3 rings (SSSR count). The first-order valence-corrected chi connectivity index (χ1v) is 7.06. The quantitative estimate of drug-likeness (QED) is 0.916. The summed E-state index contributed by atoms with van der Waals surface area (Å²) in [7, 11) is 0. The van der Waals surface area contributed by atoms with Gasteiger partial charge in [0, 0.05) is 4.88 Å². The summed E-state index contributed by atoms with van der Waals surface area (Å²) in [5.74, 6) is 1.55. The van der Waals surface area contributed by atoms with E-state index in [0.29, 0.717) is 13.2 Å².